The zero-order valence-electron chi connectivity index (χ0n) is 10.9. The number of aryl methyl sites for hydroxylation is 1. The van der Waals surface area contributed by atoms with E-state index in [9.17, 15) is 0 Å². The summed E-state index contributed by atoms with van der Waals surface area (Å²) in [4.78, 5) is 0. The minimum Gasteiger partial charge on any atom is -0.490 e. The van der Waals surface area contributed by atoms with Crippen molar-refractivity contribution >= 4 is 0 Å². The van der Waals surface area contributed by atoms with E-state index in [1.54, 1.807) is 0 Å². The Morgan fingerprint density at radius 2 is 1.94 bits per heavy atom. The second kappa shape index (κ2) is 5.54. The molecule has 1 aromatic rings. The summed E-state index contributed by atoms with van der Waals surface area (Å²) in [5.41, 5.74) is 8.35. The van der Waals surface area contributed by atoms with Gasteiger partial charge in [0, 0.05) is 11.6 Å². The number of nitrogens with two attached hydrogens (primary N) is 1. The second-order valence-electron chi connectivity index (χ2n) is 5.21. The zero-order chi connectivity index (χ0) is 12.3. The third kappa shape index (κ3) is 3.22. The third-order valence-electron chi connectivity index (χ3n) is 3.51. The summed E-state index contributed by atoms with van der Waals surface area (Å²) in [5.74, 6) is 0.993. The van der Waals surface area contributed by atoms with Crippen LogP contribution in [0.5, 0.6) is 5.75 Å². The van der Waals surface area contributed by atoms with Gasteiger partial charge in [-0.1, -0.05) is 18.6 Å². The molecule has 2 rings (SSSR count). The molecule has 1 fully saturated rings. The van der Waals surface area contributed by atoms with Crippen molar-refractivity contribution in [2.75, 3.05) is 0 Å². The molecule has 0 aliphatic heterocycles. The highest BCUT2D eigenvalue weighted by atomic mass is 16.5. The average Bonchev–Trinajstić information content (AvgIpc) is 2.30. The van der Waals surface area contributed by atoms with Gasteiger partial charge in [-0.05, 0) is 51.2 Å². The van der Waals surface area contributed by atoms with Gasteiger partial charge >= 0.3 is 0 Å². The van der Waals surface area contributed by atoms with E-state index in [4.69, 9.17) is 10.5 Å². The van der Waals surface area contributed by atoms with Gasteiger partial charge in [-0.15, -0.1) is 0 Å². The van der Waals surface area contributed by atoms with Gasteiger partial charge in [-0.2, -0.15) is 0 Å². The smallest absolute Gasteiger partial charge is 0.124 e. The minimum atomic E-state index is 0.0363. The first-order chi connectivity index (χ1) is 8.16. The van der Waals surface area contributed by atoms with Crippen LogP contribution in [-0.4, -0.2) is 6.10 Å². The summed E-state index contributed by atoms with van der Waals surface area (Å²) in [6.07, 6.45) is 6.71. The second-order valence-corrected chi connectivity index (χ2v) is 5.21. The number of rotatable bonds is 3. The lowest BCUT2D eigenvalue weighted by Crippen LogP contribution is -2.21. The Kier molecular flexibility index (Phi) is 4.06. The molecule has 2 heteroatoms. The van der Waals surface area contributed by atoms with Crippen molar-refractivity contribution in [2.24, 2.45) is 5.73 Å². The predicted octanol–water partition coefficient (Wildman–Crippen LogP) is 3.73. The molecule has 94 valence electrons. The Balaban J connectivity index is 2.14. The third-order valence-corrected chi connectivity index (χ3v) is 3.51. The number of hydrogen-bond donors (Lipinski definition) is 1. The van der Waals surface area contributed by atoms with Crippen LogP contribution in [0.2, 0.25) is 0 Å². The predicted molar refractivity (Wildman–Crippen MR) is 71.3 cm³/mol. The molecule has 0 bridgehead atoms. The zero-order valence-corrected chi connectivity index (χ0v) is 10.9. The Hall–Kier alpha value is -1.02. The molecule has 0 saturated heterocycles. The Bertz CT molecular complexity index is 367. The van der Waals surface area contributed by atoms with Gasteiger partial charge in [0.1, 0.15) is 5.75 Å². The van der Waals surface area contributed by atoms with Crippen molar-refractivity contribution < 1.29 is 4.74 Å². The van der Waals surface area contributed by atoms with E-state index in [2.05, 4.69) is 25.1 Å². The molecule has 1 aromatic carbocycles. The van der Waals surface area contributed by atoms with Crippen LogP contribution < -0.4 is 10.5 Å². The van der Waals surface area contributed by atoms with Crippen molar-refractivity contribution in [3.63, 3.8) is 0 Å². The average molecular weight is 233 g/mol. The van der Waals surface area contributed by atoms with Crippen LogP contribution in [0.15, 0.2) is 18.2 Å². The van der Waals surface area contributed by atoms with Crippen LogP contribution >= 0.6 is 0 Å². The van der Waals surface area contributed by atoms with Crippen molar-refractivity contribution in [1.29, 1.82) is 0 Å². The molecule has 1 atom stereocenters. The fourth-order valence-corrected chi connectivity index (χ4v) is 2.48. The molecule has 2 nitrogen and oxygen atoms in total. The molecule has 1 aliphatic carbocycles. The number of benzene rings is 1. The highest BCUT2D eigenvalue weighted by Crippen LogP contribution is 2.29. The monoisotopic (exact) mass is 233 g/mol. The highest BCUT2D eigenvalue weighted by Gasteiger charge is 2.17. The van der Waals surface area contributed by atoms with Crippen LogP contribution in [0.4, 0.5) is 0 Å². The van der Waals surface area contributed by atoms with Gasteiger partial charge in [-0.25, -0.2) is 0 Å². The van der Waals surface area contributed by atoms with Gasteiger partial charge in [-0.3, -0.25) is 0 Å². The van der Waals surface area contributed by atoms with Gasteiger partial charge in [0.05, 0.1) is 6.10 Å². The van der Waals surface area contributed by atoms with E-state index in [0.29, 0.717) is 6.10 Å². The summed E-state index contributed by atoms with van der Waals surface area (Å²) in [6.45, 7) is 4.11. The van der Waals surface area contributed by atoms with E-state index in [0.717, 1.165) is 11.3 Å². The molecular weight excluding hydrogens is 210 g/mol. The molecule has 1 aliphatic rings. The summed E-state index contributed by atoms with van der Waals surface area (Å²) >= 11 is 0. The Morgan fingerprint density at radius 1 is 1.24 bits per heavy atom. The molecule has 1 unspecified atom stereocenters. The van der Waals surface area contributed by atoms with Crippen LogP contribution in [-0.2, 0) is 0 Å². The van der Waals surface area contributed by atoms with Gasteiger partial charge in [0.2, 0.25) is 0 Å². The SMILES string of the molecule is Cc1ccc(C(C)N)c(OC2CCCCC2)c1. The van der Waals surface area contributed by atoms with E-state index in [1.807, 2.05) is 6.92 Å². The number of hydrogen-bond acceptors (Lipinski definition) is 2. The largest absolute Gasteiger partial charge is 0.490 e. The summed E-state index contributed by atoms with van der Waals surface area (Å²) in [6, 6.07) is 6.35. The Morgan fingerprint density at radius 3 is 2.59 bits per heavy atom. The Labute approximate surface area is 104 Å². The normalized spacial score (nSPS) is 19.0. The lowest BCUT2D eigenvalue weighted by atomic mass is 9.97. The molecule has 0 amide bonds. The van der Waals surface area contributed by atoms with Crippen molar-refractivity contribution in [3.05, 3.63) is 29.3 Å². The quantitative estimate of drug-likeness (QED) is 0.863. The molecule has 0 heterocycles. The summed E-state index contributed by atoms with van der Waals surface area (Å²) in [5, 5.41) is 0. The lowest BCUT2D eigenvalue weighted by molar-refractivity contribution is 0.153. The molecular formula is C15H23NO. The van der Waals surface area contributed by atoms with E-state index < -0.39 is 0 Å². The standard InChI is InChI=1S/C15H23NO/c1-11-8-9-14(12(2)16)15(10-11)17-13-6-4-3-5-7-13/h8-10,12-13H,3-7,16H2,1-2H3. The van der Waals surface area contributed by atoms with Gasteiger partial charge in [0.15, 0.2) is 0 Å². The maximum Gasteiger partial charge on any atom is 0.124 e. The van der Waals surface area contributed by atoms with Crippen molar-refractivity contribution in [2.45, 2.75) is 58.1 Å². The molecule has 17 heavy (non-hydrogen) atoms. The fourth-order valence-electron chi connectivity index (χ4n) is 2.48. The number of ether oxygens (including phenoxy) is 1. The van der Waals surface area contributed by atoms with Crippen molar-refractivity contribution in [3.8, 4) is 5.75 Å². The first-order valence-corrected chi connectivity index (χ1v) is 6.69. The van der Waals surface area contributed by atoms with Crippen molar-refractivity contribution in [1.82, 2.24) is 0 Å². The highest BCUT2D eigenvalue weighted by molar-refractivity contribution is 5.39. The lowest BCUT2D eigenvalue weighted by Gasteiger charge is -2.25. The maximum atomic E-state index is 6.15. The van der Waals surface area contributed by atoms with Crippen LogP contribution in [0.25, 0.3) is 0 Å². The minimum absolute atomic E-state index is 0.0363. The molecule has 1 saturated carbocycles. The first kappa shape index (κ1) is 12.4. The van der Waals surface area contributed by atoms with E-state index in [1.165, 1.54) is 37.7 Å². The van der Waals surface area contributed by atoms with Crippen LogP contribution in [0, 0.1) is 6.92 Å². The van der Waals surface area contributed by atoms with E-state index >= 15 is 0 Å². The molecule has 0 aromatic heterocycles. The topological polar surface area (TPSA) is 35.2 Å². The van der Waals surface area contributed by atoms with E-state index in [-0.39, 0.29) is 6.04 Å². The fraction of sp³-hybridized carbons (Fsp3) is 0.600. The summed E-state index contributed by atoms with van der Waals surface area (Å²) in [7, 11) is 0. The molecule has 2 N–H and O–H groups in total. The van der Waals surface area contributed by atoms with Crippen LogP contribution in [0.1, 0.15) is 56.2 Å². The van der Waals surface area contributed by atoms with Gasteiger partial charge in [0.25, 0.3) is 0 Å². The molecule has 0 spiro atoms. The summed E-state index contributed by atoms with van der Waals surface area (Å²) < 4.78 is 6.15. The molecule has 0 radical (unpaired) electrons. The van der Waals surface area contributed by atoms with Crippen LogP contribution in [0.3, 0.4) is 0 Å². The maximum absolute atomic E-state index is 6.15. The first-order valence-electron chi connectivity index (χ1n) is 6.69. The van der Waals surface area contributed by atoms with Gasteiger partial charge < -0.3 is 10.5 Å².